The Hall–Kier alpha value is -6.56. The molecule has 0 spiro atoms. The maximum Gasteiger partial charge on any atom is 0.329 e. The second kappa shape index (κ2) is 16.1. The van der Waals surface area contributed by atoms with Crippen LogP contribution in [0.1, 0.15) is 66.5 Å². The van der Waals surface area contributed by atoms with Crippen molar-refractivity contribution >= 4 is 45.6 Å². The second-order valence-corrected chi connectivity index (χ2v) is 16.2. The first kappa shape index (κ1) is 39.9. The van der Waals surface area contributed by atoms with Gasteiger partial charge in [0.1, 0.15) is 6.04 Å². The largest absolute Gasteiger partial charge is 0.503 e. The number of hydrogen-bond acceptors (Lipinski definition) is 10. The molecule has 2 saturated heterocycles. The molecular weight excluding hydrogens is 794 g/mol. The van der Waals surface area contributed by atoms with Gasteiger partial charge in [-0.1, -0.05) is 18.2 Å². The number of anilines is 1. The summed E-state index contributed by atoms with van der Waals surface area (Å²) in [5.74, 6) is -7.18. The third-order valence-electron chi connectivity index (χ3n) is 12.4. The molecule has 61 heavy (non-hydrogen) atoms. The molecule has 15 nitrogen and oxygen atoms in total. The summed E-state index contributed by atoms with van der Waals surface area (Å²) in [7, 11) is 1.70. The Morgan fingerprint density at radius 2 is 1.64 bits per heavy atom. The van der Waals surface area contributed by atoms with Crippen LogP contribution in [0, 0.1) is 23.4 Å². The van der Waals surface area contributed by atoms with Gasteiger partial charge >= 0.3 is 5.69 Å². The number of aromatic hydroxyl groups is 1. The molecule has 3 aromatic carbocycles. The van der Waals surface area contributed by atoms with Crippen molar-refractivity contribution in [2.45, 2.75) is 57.2 Å². The smallest absolute Gasteiger partial charge is 0.329 e. The second-order valence-electron chi connectivity index (χ2n) is 16.2. The number of rotatable bonds is 9. The topological polar surface area (TPSA) is 173 Å². The highest BCUT2D eigenvalue weighted by Gasteiger charge is 2.32. The maximum atomic E-state index is 14.1. The van der Waals surface area contributed by atoms with Crippen molar-refractivity contribution < 1.29 is 32.7 Å². The molecule has 6 aromatic rings. The van der Waals surface area contributed by atoms with Gasteiger partial charge in [0, 0.05) is 82.3 Å². The molecule has 3 fully saturated rings. The number of amides is 3. The summed E-state index contributed by atoms with van der Waals surface area (Å²) in [5, 5.41) is 20.1. The van der Waals surface area contributed by atoms with E-state index in [0.717, 1.165) is 85.0 Å². The first-order valence-corrected chi connectivity index (χ1v) is 20.4. The Bertz CT molecular complexity index is 2750. The number of piperazine rings is 1. The summed E-state index contributed by atoms with van der Waals surface area (Å²) in [6, 6.07) is 11.9. The number of imide groups is 1. The average molecular weight is 837 g/mol. The van der Waals surface area contributed by atoms with Crippen LogP contribution in [0.5, 0.6) is 5.75 Å². The van der Waals surface area contributed by atoms with Crippen LogP contribution in [0.4, 0.5) is 19.1 Å². The monoisotopic (exact) mass is 836 g/mol. The zero-order valence-electron chi connectivity index (χ0n) is 33.3. The van der Waals surface area contributed by atoms with Crippen LogP contribution in [0.2, 0.25) is 0 Å². The first-order valence-electron chi connectivity index (χ1n) is 20.4. The lowest BCUT2D eigenvalue weighted by Gasteiger charge is -2.34. The Labute approximate surface area is 346 Å². The fourth-order valence-electron chi connectivity index (χ4n) is 8.83. The van der Waals surface area contributed by atoms with Crippen LogP contribution < -0.4 is 21.2 Å². The number of phenolic OH excluding ortho intramolecular Hbond substituents is 1. The number of carbonyl (C=O) groups excluding carboxylic acids is 3. The highest BCUT2D eigenvalue weighted by Crippen LogP contribution is 2.34. The SMILES string of the molecule is Cn1c(=O)n([C@@H]2CCC(=O)NC2=O)c2ccc(CN3CCN(c4ncc(-c5ccc6cn(C7CCC(CNC(=O)c8cc(F)c(O)c(F)c8F)CC7)nc6c5)cn4)CC3)cc21. The number of nitrogens with zero attached hydrogens (tertiary/aromatic N) is 8. The van der Waals surface area contributed by atoms with E-state index in [4.69, 9.17) is 15.1 Å². The molecule has 5 heterocycles. The summed E-state index contributed by atoms with van der Waals surface area (Å²) >= 11 is 0. The predicted molar refractivity (Wildman–Crippen MR) is 218 cm³/mol. The molecule has 3 N–H and O–H groups in total. The van der Waals surface area contributed by atoms with Crippen LogP contribution in [0.15, 0.2) is 65.8 Å². The zero-order valence-corrected chi connectivity index (χ0v) is 33.3. The number of piperidine rings is 1. The molecule has 1 aliphatic carbocycles. The number of halogens is 3. The van der Waals surface area contributed by atoms with Gasteiger partial charge in [-0.2, -0.15) is 9.49 Å². The van der Waals surface area contributed by atoms with E-state index in [1.807, 2.05) is 59.7 Å². The van der Waals surface area contributed by atoms with E-state index in [1.165, 1.54) is 4.57 Å². The number of aromatic nitrogens is 6. The Morgan fingerprint density at radius 1 is 0.885 bits per heavy atom. The molecule has 1 saturated carbocycles. The zero-order chi connectivity index (χ0) is 42.5. The van der Waals surface area contributed by atoms with Crippen molar-refractivity contribution in [3.05, 3.63) is 100 Å². The van der Waals surface area contributed by atoms with Gasteiger partial charge in [0.05, 0.1) is 28.2 Å². The van der Waals surface area contributed by atoms with Gasteiger partial charge in [-0.15, -0.1) is 0 Å². The molecule has 316 valence electrons. The highest BCUT2D eigenvalue weighted by atomic mass is 19.2. The fourth-order valence-corrected chi connectivity index (χ4v) is 8.83. The summed E-state index contributed by atoms with van der Waals surface area (Å²) in [4.78, 5) is 63.8. The lowest BCUT2D eigenvalue weighted by atomic mass is 9.86. The molecule has 0 bridgehead atoms. The van der Waals surface area contributed by atoms with Crippen molar-refractivity contribution in [2.24, 2.45) is 13.0 Å². The molecule has 1 atom stereocenters. The number of phenols is 1. The van der Waals surface area contributed by atoms with Gasteiger partial charge in [-0.3, -0.25) is 38.4 Å². The molecule has 9 rings (SSSR count). The number of benzene rings is 3. The van der Waals surface area contributed by atoms with E-state index in [9.17, 15) is 37.5 Å². The van der Waals surface area contributed by atoms with Crippen LogP contribution in [0.25, 0.3) is 33.1 Å². The molecular formula is C43H43F3N10O5. The lowest BCUT2D eigenvalue weighted by Crippen LogP contribution is -2.46. The van der Waals surface area contributed by atoms with E-state index in [0.29, 0.717) is 30.5 Å². The lowest BCUT2D eigenvalue weighted by molar-refractivity contribution is -0.135. The van der Waals surface area contributed by atoms with E-state index >= 15 is 0 Å². The minimum absolute atomic E-state index is 0.105. The maximum absolute atomic E-state index is 14.1. The van der Waals surface area contributed by atoms with Crippen LogP contribution in [-0.4, -0.2) is 89.3 Å². The van der Waals surface area contributed by atoms with Gasteiger partial charge in [-0.25, -0.2) is 23.5 Å². The number of carbonyl (C=O) groups is 3. The van der Waals surface area contributed by atoms with Crippen molar-refractivity contribution in [2.75, 3.05) is 37.6 Å². The van der Waals surface area contributed by atoms with Crippen LogP contribution in [0.3, 0.4) is 0 Å². The van der Waals surface area contributed by atoms with Gasteiger partial charge in [0.2, 0.25) is 23.6 Å². The standard InChI is InChI=1S/C43H43F3N10O5/c1-52-35-16-25(4-9-33(35)56(43(52)61)34-10-11-36(57)50-41(34)60)22-53-12-14-54(15-13-53)42-48-20-28(21-49-42)26-5-6-27-23-55(51-32(27)17-26)29-7-2-24(3-8-29)19-47-40(59)30-18-31(44)39(58)38(46)37(30)45/h4-6,9,16-18,20-21,23-24,29,34,58H,2-3,7-8,10-15,19,22H2,1H3,(H,47,59)(H,50,57,60)/t24?,29?,34-/m1/s1. The minimum atomic E-state index is -1.79. The normalized spacial score (nSPS) is 20.1. The fraction of sp³-hybridized carbons (Fsp3) is 0.372. The minimum Gasteiger partial charge on any atom is -0.503 e. The quantitative estimate of drug-likeness (QED) is 0.137. The number of aryl methyl sites for hydroxylation is 1. The summed E-state index contributed by atoms with van der Waals surface area (Å²) in [6.45, 7) is 4.00. The summed E-state index contributed by atoms with van der Waals surface area (Å²) in [6.07, 6.45) is 9.34. The Morgan fingerprint density at radius 3 is 2.38 bits per heavy atom. The van der Waals surface area contributed by atoms with Crippen molar-refractivity contribution in [1.82, 2.24) is 44.4 Å². The number of imidazole rings is 1. The summed E-state index contributed by atoms with van der Waals surface area (Å²) in [5.41, 5.74) is 4.04. The van der Waals surface area contributed by atoms with E-state index < -0.39 is 46.6 Å². The molecule has 0 unspecified atom stereocenters. The van der Waals surface area contributed by atoms with Gasteiger partial charge < -0.3 is 15.3 Å². The molecule has 3 aliphatic rings. The first-order chi connectivity index (χ1) is 29.4. The Kier molecular flexibility index (Phi) is 10.5. The van der Waals surface area contributed by atoms with Crippen LogP contribution >= 0.6 is 0 Å². The van der Waals surface area contributed by atoms with Crippen LogP contribution in [-0.2, 0) is 23.2 Å². The predicted octanol–water partition coefficient (Wildman–Crippen LogP) is 4.73. The van der Waals surface area contributed by atoms with Gasteiger partial charge in [0.25, 0.3) is 5.91 Å². The van der Waals surface area contributed by atoms with E-state index in [2.05, 4.69) is 20.4 Å². The van der Waals surface area contributed by atoms with E-state index in [1.54, 1.807) is 11.6 Å². The third kappa shape index (κ3) is 7.71. The number of hydrogen-bond donors (Lipinski definition) is 3. The summed E-state index contributed by atoms with van der Waals surface area (Å²) < 4.78 is 46.6. The highest BCUT2D eigenvalue weighted by molar-refractivity contribution is 6.00. The van der Waals surface area contributed by atoms with Gasteiger partial charge in [-0.05, 0) is 73.4 Å². The van der Waals surface area contributed by atoms with Crippen molar-refractivity contribution in [3.8, 4) is 16.9 Å². The molecule has 2 aliphatic heterocycles. The molecule has 18 heteroatoms. The molecule has 3 aromatic heterocycles. The van der Waals surface area contributed by atoms with Crippen molar-refractivity contribution in [1.29, 1.82) is 0 Å². The van der Waals surface area contributed by atoms with Gasteiger partial charge in [0.15, 0.2) is 17.4 Å². The Balaban J connectivity index is 0.773. The third-order valence-corrected chi connectivity index (χ3v) is 12.4. The van der Waals surface area contributed by atoms with E-state index in [-0.39, 0.29) is 36.5 Å². The average Bonchev–Trinajstić information content (AvgIpc) is 3.81. The number of nitrogens with one attached hydrogen (secondary N) is 2. The van der Waals surface area contributed by atoms with Crippen molar-refractivity contribution in [3.63, 3.8) is 0 Å². The number of fused-ring (bicyclic) bond motifs is 2. The molecule has 3 amide bonds. The molecule has 0 radical (unpaired) electrons.